The summed E-state index contributed by atoms with van der Waals surface area (Å²) < 4.78 is 41.9. The van der Waals surface area contributed by atoms with Crippen molar-refractivity contribution in [2.45, 2.75) is 18.0 Å². The minimum absolute atomic E-state index is 0.0638. The minimum atomic E-state index is -4.40. The smallest absolute Gasteiger partial charge is 0.416 e. The predicted molar refractivity (Wildman–Crippen MR) is 72.4 cm³/mol. The van der Waals surface area contributed by atoms with Crippen LogP contribution in [0.15, 0.2) is 34.7 Å². The SMILES string of the molecule is COC(=O)C(C)=CCSc1ccc(C(F)(F)F)cc1N. The molecule has 0 spiro atoms. The molecule has 0 aliphatic heterocycles. The number of thioether (sulfide) groups is 1. The van der Waals surface area contributed by atoms with Crippen molar-refractivity contribution in [2.24, 2.45) is 0 Å². The number of esters is 1. The highest BCUT2D eigenvalue weighted by molar-refractivity contribution is 7.99. The molecule has 1 aromatic rings. The van der Waals surface area contributed by atoms with Gasteiger partial charge in [-0.05, 0) is 25.1 Å². The lowest BCUT2D eigenvalue weighted by molar-refractivity contribution is -0.137. The van der Waals surface area contributed by atoms with Gasteiger partial charge in [0.05, 0.1) is 12.7 Å². The number of hydrogen-bond acceptors (Lipinski definition) is 4. The van der Waals surface area contributed by atoms with Crippen LogP contribution in [-0.4, -0.2) is 18.8 Å². The quantitative estimate of drug-likeness (QED) is 0.400. The van der Waals surface area contributed by atoms with Crippen molar-refractivity contribution in [3.8, 4) is 0 Å². The Bertz CT molecular complexity index is 527. The predicted octanol–water partition coefficient (Wildman–Crippen LogP) is 3.50. The number of ether oxygens (including phenoxy) is 1. The lowest BCUT2D eigenvalue weighted by Gasteiger charge is -2.10. The Hall–Kier alpha value is -1.63. The molecule has 0 aliphatic carbocycles. The Morgan fingerprint density at radius 2 is 2.10 bits per heavy atom. The van der Waals surface area contributed by atoms with Crippen molar-refractivity contribution in [1.29, 1.82) is 0 Å². The highest BCUT2D eigenvalue weighted by Gasteiger charge is 2.30. The maximum Gasteiger partial charge on any atom is 0.416 e. The van der Waals surface area contributed by atoms with Crippen LogP contribution >= 0.6 is 11.8 Å². The van der Waals surface area contributed by atoms with Crippen molar-refractivity contribution >= 4 is 23.4 Å². The van der Waals surface area contributed by atoms with Crippen molar-refractivity contribution in [3.63, 3.8) is 0 Å². The van der Waals surface area contributed by atoms with Gasteiger partial charge in [-0.25, -0.2) is 4.79 Å². The van der Waals surface area contributed by atoms with Crippen LogP contribution in [0, 0.1) is 0 Å². The van der Waals surface area contributed by atoms with Gasteiger partial charge in [0.1, 0.15) is 0 Å². The first kappa shape index (κ1) is 16.4. The topological polar surface area (TPSA) is 52.3 Å². The molecule has 1 rings (SSSR count). The summed E-state index contributed by atoms with van der Waals surface area (Å²) in [5.74, 6) is -0.0257. The first-order valence-electron chi connectivity index (χ1n) is 5.60. The van der Waals surface area contributed by atoms with E-state index in [2.05, 4.69) is 4.74 Å². The lowest BCUT2D eigenvalue weighted by atomic mass is 10.2. The molecular weight excluding hydrogens is 291 g/mol. The summed E-state index contributed by atoms with van der Waals surface area (Å²) in [5.41, 5.74) is 5.31. The number of nitrogens with two attached hydrogens (primary N) is 1. The number of carbonyl (C=O) groups excluding carboxylic acids is 1. The molecule has 0 aliphatic rings. The highest BCUT2D eigenvalue weighted by Crippen LogP contribution is 2.34. The Morgan fingerprint density at radius 3 is 2.60 bits per heavy atom. The van der Waals surface area contributed by atoms with Gasteiger partial charge in [0.25, 0.3) is 0 Å². The van der Waals surface area contributed by atoms with E-state index in [-0.39, 0.29) is 5.69 Å². The van der Waals surface area contributed by atoms with Crippen molar-refractivity contribution < 1.29 is 22.7 Å². The van der Waals surface area contributed by atoms with Gasteiger partial charge >= 0.3 is 12.1 Å². The molecule has 0 atom stereocenters. The first-order chi connectivity index (χ1) is 9.25. The van der Waals surface area contributed by atoms with E-state index in [1.165, 1.54) is 24.9 Å². The van der Waals surface area contributed by atoms with Gasteiger partial charge in [0.15, 0.2) is 0 Å². The van der Waals surface area contributed by atoms with Crippen molar-refractivity contribution in [3.05, 3.63) is 35.4 Å². The number of methoxy groups -OCH3 is 1. The molecule has 0 saturated heterocycles. The fraction of sp³-hybridized carbons (Fsp3) is 0.308. The summed E-state index contributed by atoms with van der Waals surface area (Å²) in [4.78, 5) is 11.7. The van der Waals surface area contributed by atoms with E-state index in [9.17, 15) is 18.0 Å². The maximum atomic E-state index is 12.5. The maximum absolute atomic E-state index is 12.5. The average Bonchev–Trinajstić information content (AvgIpc) is 2.38. The minimum Gasteiger partial charge on any atom is -0.466 e. The molecule has 0 unspecified atom stereocenters. The van der Waals surface area contributed by atoms with Crippen LogP contribution in [0.25, 0.3) is 0 Å². The van der Waals surface area contributed by atoms with Gasteiger partial charge in [-0.15, -0.1) is 11.8 Å². The number of benzene rings is 1. The summed E-state index contributed by atoms with van der Waals surface area (Å²) >= 11 is 1.25. The van der Waals surface area contributed by atoms with Crippen LogP contribution in [0.4, 0.5) is 18.9 Å². The summed E-state index contributed by atoms with van der Waals surface area (Å²) in [7, 11) is 1.28. The molecule has 0 fully saturated rings. The Morgan fingerprint density at radius 1 is 1.45 bits per heavy atom. The van der Waals surface area contributed by atoms with Gasteiger partial charge in [0, 0.05) is 21.9 Å². The van der Waals surface area contributed by atoms with Gasteiger partial charge in [-0.3, -0.25) is 0 Å². The number of hydrogen-bond donors (Lipinski definition) is 1. The van der Waals surface area contributed by atoms with E-state index in [1.807, 2.05) is 0 Å². The van der Waals surface area contributed by atoms with Crippen molar-refractivity contribution in [1.82, 2.24) is 0 Å². The molecule has 2 N–H and O–H groups in total. The van der Waals surface area contributed by atoms with Crippen LogP contribution in [0.2, 0.25) is 0 Å². The molecule has 20 heavy (non-hydrogen) atoms. The van der Waals surface area contributed by atoms with E-state index in [0.717, 1.165) is 12.1 Å². The molecule has 0 aromatic heterocycles. The number of carbonyl (C=O) groups is 1. The van der Waals surface area contributed by atoms with E-state index in [0.29, 0.717) is 16.2 Å². The summed E-state index contributed by atoms with van der Waals surface area (Å²) in [5, 5.41) is 0. The molecule has 0 radical (unpaired) electrons. The Labute approximate surface area is 119 Å². The first-order valence-corrected chi connectivity index (χ1v) is 6.59. The zero-order valence-corrected chi connectivity index (χ0v) is 11.8. The zero-order valence-electron chi connectivity index (χ0n) is 11.0. The third-order valence-corrected chi connectivity index (χ3v) is 3.49. The number of nitrogen functional groups attached to an aromatic ring is 1. The van der Waals surface area contributed by atoms with E-state index < -0.39 is 17.7 Å². The molecule has 0 heterocycles. The highest BCUT2D eigenvalue weighted by atomic mass is 32.2. The molecule has 0 amide bonds. The summed E-state index contributed by atoms with van der Waals surface area (Å²) in [6.07, 6.45) is -2.77. The monoisotopic (exact) mass is 305 g/mol. The fourth-order valence-electron chi connectivity index (χ4n) is 1.36. The van der Waals surface area contributed by atoms with E-state index >= 15 is 0 Å². The van der Waals surface area contributed by atoms with Gasteiger partial charge < -0.3 is 10.5 Å². The number of alkyl halides is 3. The second kappa shape index (κ2) is 6.69. The van der Waals surface area contributed by atoms with Crippen LogP contribution < -0.4 is 5.73 Å². The van der Waals surface area contributed by atoms with Crippen LogP contribution in [0.1, 0.15) is 12.5 Å². The molecule has 7 heteroatoms. The lowest BCUT2D eigenvalue weighted by Crippen LogP contribution is -2.05. The third-order valence-electron chi connectivity index (χ3n) is 2.47. The number of halogens is 3. The van der Waals surface area contributed by atoms with Crippen LogP contribution in [0.3, 0.4) is 0 Å². The van der Waals surface area contributed by atoms with E-state index in [1.54, 1.807) is 13.0 Å². The summed E-state index contributed by atoms with van der Waals surface area (Å²) in [6.45, 7) is 1.60. The standard InChI is InChI=1S/C13H14F3NO2S/c1-8(12(18)19-2)5-6-20-11-4-3-9(7-10(11)17)13(14,15)16/h3-5,7H,6,17H2,1-2H3. The molecule has 0 bridgehead atoms. The largest absolute Gasteiger partial charge is 0.466 e. The number of rotatable bonds is 4. The molecule has 0 saturated carbocycles. The molecular formula is C13H14F3NO2S. The molecule has 1 aromatic carbocycles. The van der Waals surface area contributed by atoms with Crippen LogP contribution in [-0.2, 0) is 15.7 Å². The molecule has 110 valence electrons. The van der Waals surface area contributed by atoms with Crippen molar-refractivity contribution in [2.75, 3.05) is 18.6 Å². The van der Waals surface area contributed by atoms with Crippen LogP contribution in [0.5, 0.6) is 0 Å². The Kier molecular flexibility index (Phi) is 5.50. The van der Waals surface area contributed by atoms with Gasteiger partial charge in [-0.1, -0.05) is 6.08 Å². The number of anilines is 1. The Balaban J connectivity index is 2.73. The average molecular weight is 305 g/mol. The summed E-state index contributed by atoms with van der Waals surface area (Å²) in [6, 6.07) is 3.21. The van der Waals surface area contributed by atoms with Gasteiger partial charge in [-0.2, -0.15) is 13.2 Å². The fourth-order valence-corrected chi connectivity index (χ4v) is 2.26. The zero-order chi connectivity index (χ0) is 15.3. The van der Waals surface area contributed by atoms with Gasteiger partial charge in [0.2, 0.25) is 0 Å². The van der Waals surface area contributed by atoms with E-state index in [4.69, 9.17) is 5.73 Å². The second-order valence-corrected chi connectivity index (χ2v) is 5.00. The normalized spacial score (nSPS) is 12.3. The second-order valence-electron chi connectivity index (χ2n) is 3.94. The third kappa shape index (κ3) is 4.48. The molecule has 3 nitrogen and oxygen atoms in total.